The Hall–Kier alpha value is 0.745. The Labute approximate surface area is 150 Å². The number of rotatable bonds is 6. The summed E-state index contributed by atoms with van der Waals surface area (Å²) in [5.41, 5.74) is 0.677. The molecule has 1 N–H and O–H groups in total. The number of halogens is 1. The second-order valence-electron chi connectivity index (χ2n) is 2.93. The molecule has 0 aromatic heterocycles. The number of hydrogen-bond acceptors (Lipinski definition) is 3. The molecule has 0 aliphatic heterocycles. The van der Waals surface area contributed by atoms with Gasteiger partial charge in [0.25, 0.3) is 0 Å². The van der Waals surface area contributed by atoms with E-state index in [2.05, 4.69) is 0 Å². The van der Waals surface area contributed by atoms with Crippen LogP contribution in [-0.2, 0) is 0 Å². The zero-order chi connectivity index (χ0) is 11.1. The summed E-state index contributed by atoms with van der Waals surface area (Å²) >= 11 is 5.54. The second kappa shape index (κ2) is 9.74. The van der Waals surface area contributed by atoms with Gasteiger partial charge >= 0.3 is 58.2 Å². The van der Waals surface area contributed by atoms with Crippen molar-refractivity contribution in [3.8, 4) is 11.5 Å². The van der Waals surface area contributed by atoms with Crippen molar-refractivity contribution >= 4 is 11.6 Å². The smallest absolute Gasteiger partial charge is 0.506 e. The average Bonchev–Trinajstić information content (AvgIpc) is 2.29. The summed E-state index contributed by atoms with van der Waals surface area (Å²) in [6.45, 7) is 1.58. The zero-order valence-corrected chi connectivity index (χ0v) is 15.2. The van der Waals surface area contributed by atoms with Crippen molar-refractivity contribution in [3.05, 3.63) is 30.4 Å². The molecule has 0 amide bonds. The standard InChI is InChI=1S/C11H14ClO3.Rb/c1-14-11-7-9(8-13)3-4-10(11)15-6-2-5-12;/h3-4,7-8,13H,2,5-6H2,1H3;/q-1;+1. The summed E-state index contributed by atoms with van der Waals surface area (Å²) in [6.07, 6.45) is 0.790. The van der Waals surface area contributed by atoms with Crippen LogP contribution in [-0.4, -0.2) is 24.7 Å². The fourth-order valence-electron chi connectivity index (χ4n) is 1.12. The van der Waals surface area contributed by atoms with Gasteiger partial charge in [-0.05, 0) is 6.42 Å². The monoisotopic (exact) mass is 314 g/mol. The summed E-state index contributed by atoms with van der Waals surface area (Å²) < 4.78 is 10.6. The van der Waals surface area contributed by atoms with E-state index in [1.165, 1.54) is 0 Å². The normalized spacial score (nSPS) is 9.19. The maximum Gasteiger partial charge on any atom is 1.00 e. The van der Waals surface area contributed by atoms with Crippen molar-refractivity contribution in [2.75, 3.05) is 19.6 Å². The van der Waals surface area contributed by atoms with Crippen molar-refractivity contribution in [1.82, 2.24) is 0 Å². The molecule has 1 aromatic rings. The average molecular weight is 315 g/mol. The molecule has 1 aromatic carbocycles. The molecule has 0 saturated carbocycles. The zero-order valence-electron chi connectivity index (χ0n) is 9.57. The molecule has 84 valence electrons. The van der Waals surface area contributed by atoms with Gasteiger partial charge in [0.15, 0.2) is 0 Å². The van der Waals surface area contributed by atoms with E-state index in [4.69, 9.17) is 26.2 Å². The molecule has 0 aliphatic rings. The molecule has 16 heavy (non-hydrogen) atoms. The van der Waals surface area contributed by atoms with Crippen LogP contribution in [0.2, 0.25) is 0 Å². The van der Waals surface area contributed by atoms with Gasteiger partial charge in [0, 0.05) is 5.88 Å². The van der Waals surface area contributed by atoms with Gasteiger partial charge in [0.1, 0.15) is 11.5 Å². The maximum atomic E-state index is 8.82. The summed E-state index contributed by atoms with van der Waals surface area (Å²) in [7, 11) is 1.56. The third-order valence-corrected chi connectivity index (χ3v) is 2.14. The van der Waals surface area contributed by atoms with E-state index in [1.54, 1.807) is 25.3 Å². The number of ether oxygens (including phenoxy) is 2. The third kappa shape index (κ3) is 5.38. The van der Waals surface area contributed by atoms with Crippen molar-refractivity contribution in [2.24, 2.45) is 0 Å². The molecule has 0 heterocycles. The van der Waals surface area contributed by atoms with Gasteiger partial charge in [-0.1, -0.05) is 12.7 Å². The van der Waals surface area contributed by atoms with Crippen LogP contribution in [0.25, 0.3) is 0 Å². The van der Waals surface area contributed by atoms with E-state index in [-0.39, 0.29) is 58.2 Å². The van der Waals surface area contributed by atoms with Crippen molar-refractivity contribution in [3.63, 3.8) is 0 Å². The van der Waals surface area contributed by atoms with Gasteiger partial charge in [-0.3, -0.25) is 0 Å². The number of aliphatic hydroxyl groups excluding tert-OH is 1. The Morgan fingerprint density at radius 2 is 2.12 bits per heavy atom. The Bertz CT molecular complexity index is 307. The molecule has 0 aliphatic carbocycles. The van der Waals surface area contributed by atoms with Crippen LogP contribution in [0.1, 0.15) is 12.0 Å². The van der Waals surface area contributed by atoms with Gasteiger partial charge < -0.3 is 14.6 Å². The fourth-order valence-corrected chi connectivity index (χ4v) is 1.23. The van der Waals surface area contributed by atoms with Crippen LogP contribution < -0.4 is 67.7 Å². The summed E-state index contributed by atoms with van der Waals surface area (Å²) in [5.74, 6) is 1.84. The van der Waals surface area contributed by atoms with Crippen LogP contribution in [0, 0.1) is 6.61 Å². The van der Waals surface area contributed by atoms with Crippen LogP contribution in [0.15, 0.2) is 18.2 Å². The fraction of sp³-hybridized carbons (Fsp3) is 0.364. The molecule has 0 unspecified atom stereocenters. The summed E-state index contributed by atoms with van der Waals surface area (Å²) in [4.78, 5) is 0. The Morgan fingerprint density at radius 3 is 2.69 bits per heavy atom. The first-order chi connectivity index (χ1) is 7.31. The molecule has 1 rings (SSSR count). The minimum atomic E-state index is 0. The van der Waals surface area contributed by atoms with Crippen LogP contribution >= 0.6 is 11.6 Å². The first-order valence-electron chi connectivity index (χ1n) is 4.66. The van der Waals surface area contributed by atoms with Crippen molar-refractivity contribution < 1.29 is 72.8 Å². The Morgan fingerprint density at radius 1 is 1.38 bits per heavy atom. The second-order valence-corrected chi connectivity index (χ2v) is 3.31. The van der Waals surface area contributed by atoms with E-state index >= 15 is 0 Å². The number of methoxy groups -OCH3 is 1. The molecule has 0 saturated heterocycles. The molecule has 0 fully saturated rings. The minimum Gasteiger partial charge on any atom is -0.506 e. The molecule has 0 radical (unpaired) electrons. The first kappa shape index (κ1) is 16.7. The van der Waals surface area contributed by atoms with Crippen LogP contribution in [0.5, 0.6) is 11.5 Å². The summed E-state index contributed by atoms with van der Waals surface area (Å²) in [5, 5.41) is 8.82. The Kier molecular flexibility index (Phi) is 10.2. The third-order valence-electron chi connectivity index (χ3n) is 1.87. The van der Waals surface area contributed by atoms with Gasteiger partial charge in [-0.15, -0.1) is 17.7 Å². The predicted molar refractivity (Wildman–Crippen MR) is 59.2 cm³/mol. The largest absolute Gasteiger partial charge is 1.00 e. The molecule has 0 atom stereocenters. The number of aliphatic hydroxyl groups is 1. The number of hydrogen-bond donors (Lipinski definition) is 1. The molecular weight excluding hydrogens is 301 g/mol. The number of benzene rings is 1. The predicted octanol–water partition coefficient (Wildman–Crippen LogP) is -0.411. The van der Waals surface area contributed by atoms with Gasteiger partial charge in [0.05, 0.1) is 13.7 Å². The number of alkyl halides is 1. The SMILES string of the molecule is COc1cc([CH-]O)ccc1OCCCCl.[Rb+]. The maximum absolute atomic E-state index is 8.82. The van der Waals surface area contributed by atoms with Crippen LogP contribution in [0.4, 0.5) is 0 Å². The molecule has 3 nitrogen and oxygen atoms in total. The Balaban J connectivity index is 0.00000225. The van der Waals surface area contributed by atoms with E-state index in [0.717, 1.165) is 13.0 Å². The van der Waals surface area contributed by atoms with Crippen molar-refractivity contribution in [2.45, 2.75) is 6.42 Å². The van der Waals surface area contributed by atoms with E-state index in [9.17, 15) is 0 Å². The minimum absolute atomic E-state index is 0. The molecular formula is C11H14ClO3Rb. The van der Waals surface area contributed by atoms with E-state index in [0.29, 0.717) is 29.5 Å². The van der Waals surface area contributed by atoms with Gasteiger partial charge in [0.2, 0.25) is 0 Å². The molecule has 5 heteroatoms. The van der Waals surface area contributed by atoms with E-state index < -0.39 is 0 Å². The quantitative estimate of drug-likeness (QED) is 0.441. The van der Waals surface area contributed by atoms with Crippen LogP contribution in [0.3, 0.4) is 0 Å². The van der Waals surface area contributed by atoms with Gasteiger partial charge in [-0.25, -0.2) is 0 Å². The summed E-state index contributed by atoms with van der Waals surface area (Å²) in [6, 6.07) is 5.21. The first-order valence-corrected chi connectivity index (χ1v) is 5.19. The van der Waals surface area contributed by atoms with E-state index in [1.807, 2.05) is 0 Å². The topological polar surface area (TPSA) is 38.7 Å². The molecule has 0 spiro atoms. The van der Waals surface area contributed by atoms with Crippen molar-refractivity contribution in [1.29, 1.82) is 0 Å². The van der Waals surface area contributed by atoms with Gasteiger partial charge in [-0.2, -0.15) is 11.6 Å². The molecule has 0 bridgehead atoms.